The molecule has 176 valence electrons. The predicted molar refractivity (Wildman–Crippen MR) is 121 cm³/mol. The maximum Gasteiger partial charge on any atom is 0.250 e. The molecular formula is C23H30N6O4. The lowest BCUT2D eigenvalue weighted by Gasteiger charge is -2.29. The van der Waals surface area contributed by atoms with Crippen molar-refractivity contribution in [3.05, 3.63) is 54.0 Å². The van der Waals surface area contributed by atoms with Crippen LogP contribution in [0, 0.1) is 12.8 Å². The third-order valence-electron chi connectivity index (χ3n) is 5.09. The fourth-order valence-corrected chi connectivity index (χ4v) is 3.30. The molecule has 2 N–H and O–H groups in total. The zero-order valence-corrected chi connectivity index (χ0v) is 19.1. The normalized spacial score (nSPS) is 12.0. The lowest BCUT2D eigenvalue weighted by atomic mass is 10.1. The molecule has 2 heterocycles. The number of nitrogens with zero attached hydrogens (tertiary/aromatic N) is 5. The second kappa shape index (κ2) is 11.4. The molecule has 1 unspecified atom stereocenters. The zero-order valence-electron chi connectivity index (χ0n) is 19.1. The maximum atomic E-state index is 13.2. The van der Waals surface area contributed by atoms with Crippen molar-refractivity contribution < 1.29 is 19.1 Å². The van der Waals surface area contributed by atoms with Crippen LogP contribution in [0.5, 0.6) is 0 Å². The van der Waals surface area contributed by atoms with Crippen LogP contribution >= 0.6 is 0 Å². The van der Waals surface area contributed by atoms with Crippen LogP contribution in [-0.4, -0.2) is 61.7 Å². The molecule has 0 fully saturated rings. The van der Waals surface area contributed by atoms with Gasteiger partial charge >= 0.3 is 0 Å². The van der Waals surface area contributed by atoms with Gasteiger partial charge in [-0.2, -0.15) is 4.80 Å². The molecule has 3 aromatic rings. The topological polar surface area (TPSA) is 126 Å². The van der Waals surface area contributed by atoms with E-state index in [1.165, 1.54) is 16.0 Å². The Balaban J connectivity index is 1.77. The molecule has 0 aliphatic carbocycles. The van der Waals surface area contributed by atoms with Crippen LogP contribution in [0.15, 0.2) is 47.1 Å². The molecule has 2 aromatic heterocycles. The van der Waals surface area contributed by atoms with E-state index in [4.69, 9.17) is 4.42 Å². The third kappa shape index (κ3) is 6.48. The van der Waals surface area contributed by atoms with E-state index in [0.29, 0.717) is 24.0 Å². The quantitative estimate of drug-likeness (QED) is 0.453. The second-order valence-electron chi connectivity index (χ2n) is 8.21. The summed E-state index contributed by atoms with van der Waals surface area (Å²) in [5.41, 5.74) is 1.89. The Hall–Kier alpha value is -3.53. The van der Waals surface area contributed by atoms with Gasteiger partial charge in [0.25, 0.3) is 5.91 Å². The van der Waals surface area contributed by atoms with E-state index in [1.54, 1.807) is 12.1 Å². The van der Waals surface area contributed by atoms with Crippen LogP contribution < -0.4 is 5.32 Å². The van der Waals surface area contributed by atoms with Gasteiger partial charge in [0.15, 0.2) is 6.04 Å². The van der Waals surface area contributed by atoms with Gasteiger partial charge in [-0.25, -0.2) is 0 Å². The highest BCUT2D eigenvalue weighted by atomic mass is 16.3. The molecule has 0 saturated carbocycles. The molecule has 1 atom stereocenters. The van der Waals surface area contributed by atoms with Gasteiger partial charge < -0.3 is 19.7 Å². The number of aliphatic hydroxyl groups is 1. The highest BCUT2D eigenvalue weighted by Gasteiger charge is 2.33. The number of hydrogen-bond acceptors (Lipinski definition) is 7. The molecule has 0 radical (unpaired) electrons. The van der Waals surface area contributed by atoms with Crippen molar-refractivity contribution in [2.24, 2.45) is 5.92 Å². The van der Waals surface area contributed by atoms with Gasteiger partial charge in [-0.3, -0.25) is 9.59 Å². The highest BCUT2D eigenvalue weighted by Crippen LogP contribution is 2.22. The van der Waals surface area contributed by atoms with Gasteiger partial charge in [-0.05, 0) is 36.6 Å². The number of nitrogens with one attached hydrogen (secondary N) is 1. The number of aromatic nitrogens is 4. The molecule has 0 bridgehead atoms. The molecule has 0 spiro atoms. The monoisotopic (exact) mass is 454 g/mol. The number of furan rings is 1. The summed E-state index contributed by atoms with van der Waals surface area (Å²) < 4.78 is 5.46. The highest BCUT2D eigenvalue weighted by molar-refractivity contribution is 5.88. The Morgan fingerprint density at radius 3 is 2.61 bits per heavy atom. The van der Waals surface area contributed by atoms with Crippen molar-refractivity contribution in [2.75, 3.05) is 19.7 Å². The summed E-state index contributed by atoms with van der Waals surface area (Å²) in [6.45, 7) is 5.97. The van der Waals surface area contributed by atoms with Gasteiger partial charge in [-0.1, -0.05) is 43.7 Å². The first-order chi connectivity index (χ1) is 15.9. The average Bonchev–Trinajstić information content (AvgIpc) is 3.46. The Labute approximate surface area is 192 Å². The number of tetrazole rings is 1. The fraction of sp³-hybridized carbons (Fsp3) is 0.435. The molecule has 0 saturated heterocycles. The van der Waals surface area contributed by atoms with Gasteiger partial charge in [0.1, 0.15) is 12.3 Å². The molecule has 0 aliphatic rings. The smallest absolute Gasteiger partial charge is 0.250 e. The minimum atomic E-state index is -1.02. The summed E-state index contributed by atoms with van der Waals surface area (Å²) in [4.78, 5) is 28.7. The van der Waals surface area contributed by atoms with E-state index in [9.17, 15) is 14.7 Å². The molecule has 3 rings (SSSR count). The molecule has 10 heteroatoms. The SMILES string of the molecule is Cc1ccc(-c2nnn(CC(=O)N(CCO)C(C(=O)NCCC(C)C)c3ccco3)n2)cc1. The number of rotatable bonds is 11. The molecular weight excluding hydrogens is 424 g/mol. The first-order valence-electron chi connectivity index (χ1n) is 10.9. The van der Waals surface area contributed by atoms with E-state index in [2.05, 4.69) is 34.6 Å². The van der Waals surface area contributed by atoms with Crippen LogP contribution in [-0.2, 0) is 16.1 Å². The standard InChI is InChI=1S/C23H30N6O4/c1-16(2)10-11-24-23(32)21(19-5-4-14-33-19)28(12-13-30)20(31)15-29-26-22(25-27-29)18-8-6-17(3)7-9-18/h4-9,14,16,21,30H,10-13,15H2,1-3H3,(H,24,32). The molecule has 0 aliphatic heterocycles. The van der Waals surface area contributed by atoms with Crippen LogP contribution in [0.4, 0.5) is 0 Å². The maximum absolute atomic E-state index is 13.2. The lowest BCUT2D eigenvalue weighted by Crippen LogP contribution is -2.46. The minimum Gasteiger partial charge on any atom is -0.467 e. The Morgan fingerprint density at radius 1 is 1.21 bits per heavy atom. The van der Waals surface area contributed by atoms with E-state index in [-0.39, 0.29) is 25.6 Å². The fourth-order valence-electron chi connectivity index (χ4n) is 3.30. The minimum absolute atomic E-state index is 0.0542. The summed E-state index contributed by atoms with van der Waals surface area (Å²) >= 11 is 0. The van der Waals surface area contributed by atoms with E-state index >= 15 is 0 Å². The van der Waals surface area contributed by atoms with Crippen molar-refractivity contribution in [1.29, 1.82) is 0 Å². The largest absolute Gasteiger partial charge is 0.467 e. The number of aliphatic hydroxyl groups excluding tert-OH is 1. The first kappa shape index (κ1) is 24.1. The summed E-state index contributed by atoms with van der Waals surface area (Å²) in [5, 5.41) is 24.8. The second-order valence-corrected chi connectivity index (χ2v) is 8.21. The number of aryl methyl sites for hydroxylation is 1. The van der Waals surface area contributed by atoms with Crippen molar-refractivity contribution in [3.63, 3.8) is 0 Å². The first-order valence-corrected chi connectivity index (χ1v) is 10.9. The number of carbonyl (C=O) groups excluding carboxylic acids is 2. The summed E-state index contributed by atoms with van der Waals surface area (Å²) in [6.07, 6.45) is 2.24. The summed E-state index contributed by atoms with van der Waals surface area (Å²) in [6, 6.07) is 9.90. The summed E-state index contributed by atoms with van der Waals surface area (Å²) in [7, 11) is 0. The van der Waals surface area contributed by atoms with Crippen LogP contribution in [0.2, 0.25) is 0 Å². The van der Waals surface area contributed by atoms with Gasteiger partial charge in [0, 0.05) is 18.7 Å². The lowest BCUT2D eigenvalue weighted by molar-refractivity contribution is -0.143. The number of benzene rings is 1. The van der Waals surface area contributed by atoms with Gasteiger partial charge in [0.2, 0.25) is 11.7 Å². The molecule has 1 aromatic carbocycles. The number of carbonyl (C=O) groups is 2. The van der Waals surface area contributed by atoms with Crippen molar-refractivity contribution >= 4 is 11.8 Å². The van der Waals surface area contributed by atoms with Gasteiger partial charge in [0.05, 0.1) is 12.9 Å². The van der Waals surface area contributed by atoms with E-state index < -0.39 is 11.9 Å². The Bertz CT molecular complexity index is 1030. The third-order valence-corrected chi connectivity index (χ3v) is 5.09. The van der Waals surface area contributed by atoms with Crippen LogP contribution in [0.3, 0.4) is 0 Å². The Morgan fingerprint density at radius 2 is 1.97 bits per heavy atom. The van der Waals surface area contributed by atoms with Crippen molar-refractivity contribution in [1.82, 2.24) is 30.4 Å². The number of hydrogen-bond donors (Lipinski definition) is 2. The van der Waals surface area contributed by atoms with Crippen LogP contribution in [0.1, 0.15) is 37.6 Å². The molecule has 10 nitrogen and oxygen atoms in total. The zero-order chi connectivity index (χ0) is 23.8. The Kier molecular flexibility index (Phi) is 8.31. The molecule has 33 heavy (non-hydrogen) atoms. The van der Waals surface area contributed by atoms with Crippen LogP contribution in [0.25, 0.3) is 11.4 Å². The van der Waals surface area contributed by atoms with Gasteiger partial charge in [-0.15, -0.1) is 10.2 Å². The molecule has 2 amide bonds. The van der Waals surface area contributed by atoms with Crippen molar-refractivity contribution in [2.45, 2.75) is 39.8 Å². The van der Waals surface area contributed by atoms with E-state index in [0.717, 1.165) is 17.5 Å². The number of amides is 2. The van der Waals surface area contributed by atoms with E-state index in [1.807, 2.05) is 31.2 Å². The summed E-state index contributed by atoms with van der Waals surface area (Å²) in [5.74, 6) is 0.302. The van der Waals surface area contributed by atoms with Crippen molar-refractivity contribution in [3.8, 4) is 11.4 Å². The average molecular weight is 455 g/mol. The predicted octanol–water partition coefficient (Wildman–Crippen LogP) is 1.97.